The highest BCUT2D eigenvalue weighted by molar-refractivity contribution is 5.73. The molecule has 1 aliphatic heterocycles. The molecule has 0 radical (unpaired) electrons. The van der Waals surface area contributed by atoms with Crippen LogP contribution >= 0.6 is 0 Å². The fourth-order valence-electron chi connectivity index (χ4n) is 1.25. The quantitative estimate of drug-likeness (QED) is 0.612. The van der Waals surface area contributed by atoms with Gasteiger partial charge in [0, 0.05) is 0 Å². The largest absolute Gasteiger partial charge is 0.465 e. The lowest BCUT2D eigenvalue weighted by Gasteiger charge is -2.01. The maximum atomic E-state index is 10.9. The zero-order valence-electron chi connectivity index (χ0n) is 8.43. The van der Waals surface area contributed by atoms with Gasteiger partial charge in [0.05, 0.1) is 12.5 Å². The summed E-state index contributed by atoms with van der Waals surface area (Å²) < 4.78 is 4.82. The second-order valence-corrected chi connectivity index (χ2v) is 2.80. The monoisotopic (exact) mass is 172 g/mol. The number of rotatable bonds is 3. The van der Waals surface area contributed by atoms with Crippen molar-refractivity contribution in [2.75, 3.05) is 6.61 Å². The summed E-state index contributed by atoms with van der Waals surface area (Å²) in [5, 5.41) is 0. The van der Waals surface area contributed by atoms with Crippen LogP contribution in [-0.2, 0) is 9.53 Å². The van der Waals surface area contributed by atoms with Crippen molar-refractivity contribution >= 4 is 5.97 Å². The summed E-state index contributed by atoms with van der Waals surface area (Å²) >= 11 is 0. The van der Waals surface area contributed by atoms with Gasteiger partial charge in [0.1, 0.15) is 0 Å². The van der Waals surface area contributed by atoms with Crippen LogP contribution in [0, 0.1) is 5.92 Å². The van der Waals surface area contributed by atoms with Gasteiger partial charge in [-0.25, -0.2) is 0 Å². The van der Waals surface area contributed by atoms with E-state index in [0.29, 0.717) is 6.61 Å². The Balaban J connectivity index is 0.000000561. The number of ether oxygens (including phenoxy) is 1. The van der Waals surface area contributed by atoms with Crippen LogP contribution in [-0.4, -0.2) is 12.6 Å². The molecule has 1 atom stereocenters. The van der Waals surface area contributed by atoms with Gasteiger partial charge in [-0.3, -0.25) is 4.79 Å². The van der Waals surface area contributed by atoms with Gasteiger partial charge in [-0.05, 0) is 12.8 Å². The van der Waals surface area contributed by atoms with Crippen LogP contribution in [0.5, 0.6) is 0 Å². The van der Waals surface area contributed by atoms with Gasteiger partial charge >= 0.3 is 5.97 Å². The number of unbranched alkanes of at least 4 members (excludes halogenated alkanes) is 1. The molecular weight excluding hydrogens is 152 g/mol. The highest BCUT2D eigenvalue weighted by atomic mass is 16.5. The topological polar surface area (TPSA) is 26.3 Å². The highest BCUT2D eigenvalue weighted by Gasteiger charge is 2.24. The standard InChI is InChI=1S/C8H14O2.C2H6/c1-2-3-4-7-5-6-10-8(7)9;1-2/h7H,2-6H2,1H3;1-2H3. The highest BCUT2D eigenvalue weighted by Crippen LogP contribution is 2.19. The van der Waals surface area contributed by atoms with Gasteiger partial charge < -0.3 is 4.74 Å². The number of carbonyl (C=O) groups is 1. The summed E-state index contributed by atoms with van der Waals surface area (Å²) in [6.45, 7) is 6.79. The molecule has 1 rings (SSSR count). The molecule has 0 saturated carbocycles. The van der Waals surface area contributed by atoms with Crippen molar-refractivity contribution in [3.63, 3.8) is 0 Å². The molecule has 0 aromatic heterocycles. The van der Waals surface area contributed by atoms with Gasteiger partial charge in [-0.2, -0.15) is 0 Å². The first-order valence-corrected chi connectivity index (χ1v) is 5.01. The van der Waals surface area contributed by atoms with Crippen molar-refractivity contribution in [1.82, 2.24) is 0 Å². The summed E-state index contributed by atoms with van der Waals surface area (Å²) in [4.78, 5) is 10.9. The summed E-state index contributed by atoms with van der Waals surface area (Å²) in [6.07, 6.45) is 4.29. The van der Waals surface area contributed by atoms with E-state index in [1.54, 1.807) is 0 Å². The van der Waals surface area contributed by atoms with Crippen molar-refractivity contribution in [2.45, 2.75) is 46.5 Å². The number of esters is 1. The first-order chi connectivity index (χ1) is 5.84. The third-order valence-corrected chi connectivity index (χ3v) is 1.95. The molecule has 1 unspecified atom stereocenters. The molecule has 1 aliphatic rings. The van der Waals surface area contributed by atoms with Crippen LogP contribution in [0.2, 0.25) is 0 Å². The minimum absolute atomic E-state index is 0.0217. The average Bonchev–Trinajstić information content (AvgIpc) is 2.51. The molecule has 0 amide bonds. The molecule has 0 spiro atoms. The molecule has 0 aliphatic carbocycles. The number of carbonyl (C=O) groups excluding carboxylic acids is 1. The average molecular weight is 172 g/mol. The number of cyclic esters (lactones) is 1. The van der Waals surface area contributed by atoms with Gasteiger partial charge in [0.2, 0.25) is 0 Å². The molecule has 2 heteroatoms. The number of hydrogen-bond donors (Lipinski definition) is 0. The van der Waals surface area contributed by atoms with E-state index in [1.807, 2.05) is 13.8 Å². The Hall–Kier alpha value is -0.530. The Morgan fingerprint density at radius 1 is 1.50 bits per heavy atom. The summed E-state index contributed by atoms with van der Waals surface area (Å²) in [5.41, 5.74) is 0. The minimum atomic E-state index is 0.0217. The van der Waals surface area contributed by atoms with Crippen molar-refractivity contribution in [3.8, 4) is 0 Å². The Labute approximate surface area is 75.3 Å². The van der Waals surface area contributed by atoms with Gasteiger partial charge in [0.25, 0.3) is 0 Å². The third kappa shape index (κ3) is 3.74. The maximum Gasteiger partial charge on any atom is 0.309 e. The normalized spacial score (nSPS) is 21.2. The lowest BCUT2D eigenvalue weighted by Crippen LogP contribution is -2.06. The first kappa shape index (κ1) is 11.5. The lowest BCUT2D eigenvalue weighted by molar-refractivity contribution is -0.141. The molecule has 1 fully saturated rings. The van der Waals surface area contributed by atoms with E-state index in [-0.39, 0.29) is 11.9 Å². The molecule has 0 aromatic rings. The molecule has 0 aromatic carbocycles. The molecule has 1 saturated heterocycles. The zero-order valence-corrected chi connectivity index (χ0v) is 8.43. The van der Waals surface area contributed by atoms with Crippen molar-refractivity contribution < 1.29 is 9.53 Å². The van der Waals surface area contributed by atoms with Gasteiger partial charge in [-0.1, -0.05) is 33.6 Å². The SMILES string of the molecule is CC.CCCCC1CCOC1=O. The van der Waals surface area contributed by atoms with Gasteiger partial charge in [0.15, 0.2) is 0 Å². The minimum Gasteiger partial charge on any atom is -0.465 e. The second kappa shape index (κ2) is 7.14. The molecule has 72 valence electrons. The Morgan fingerprint density at radius 3 is 2.58 bits per heavy atom. The predicted molar refractivity (Wildman–Crippen MR) is 49.9 cm³/mol. The molecule has 2 nitrogen and oxygen atoms in total. The second-order valence-electron chi connectivity index (χ2n) is 2.80. The van der Waals surface area contributed by atoms with E-state index >= 15 is 0 Å². The summed E-state index contributed by atoms with van der Waals surface area (Å²) in [5.74, 6) is 0.244. The Morgan fingerprint density at radius 2 is 2.17 bits per heavy atom. The van der Waals surface area contributed by atoms with E-state index in [1.165, 1.54) is 6.42 Å². The van der Waals surface area contributed by atoms with Crippen molar-refractivity contribution in [2.24, 2.45) is 5.92 Å². The fourth-order valence-corrected chi connectivity index (χ4v) is 1.25. The van der Waals surface area contributed by atoms with Crippen LogP contribution in [0.25, 0.3) is 0 Å². The molecule has 0 bridgehead atoms. The fraction of sp³-hybridized carbons (Fsp3) is 0.900. The van der Waals surface area contributed by atoms with Crippen LogP contribution in [0.3, 0.4) is 0 Å². The zero-order chi connectivity index (χ0) is 9.40. The molecule has 1 heterocycles. The van der Waals surface area contributed by atoms with Gasteiger partial charge in [-0.15, -0.1) is 0 Å². The maximum absolute atomic E-state index is 10.9. The summed E-state index contributed by atoms with van der Waals surface area (Å²) in [6, 6.07) is 0. The van der Waals surface area contributed by atoms with Crippen molar-refractivity contribution in [3.05, 3.63) is 0 Å². The third-order valence-electron chi connectivity index (χ3n) is 1.95. The first-order valence-electron chi connectivity index (χ1n) is 5.01. The lowest BCUT2D eigenvalue weighted by atomic mass is 10.0. The van der Waals surface area contributed by atoms with E-state index < -0.39 is 0 Å². The van der Waals surface area contributed by atoms with E-state index in [0.717, 1.165) is 19.3 Å². The van der Waals surface area contributed by atoms with E-state index in [9.17, 15) is 4.79 Å². The predicted octanol–water partition coefficient (Wildman–Crippen LogP) is 2.77. The molecular formula is C10H20O2. The van der Waals surface area contributed by atoms with Crippen LogP contribution in [0.4, 0.5) is 0 Å². The summed E-state index contributed by atoms with van der Waals surface area (Å²) in [7, 11) is 0. The molecule has 0 N–H and O–H groups in total. The van der Waals surface area contributed by atoms with Crippen LogP contribution in [0.15, 0.2) is 0 Å². The molecule has 12 heavy (non-hydrogen) atoms. The Bertz CT molecular complexity index is 121. The van der Waals surface area contributed by atoms with Crippen LogP contribution < -0.4 is 0 Å². The number of hydrogen-bond acceptors (Lipinski definition) is 2. The van der Waals surface area contributed by atoms with E-state index in [4.69, 9.17) is 4.74 Å². The van der Waals surface area contributed by atoms with Crippen molar-refractivity contribution in [1.29, 1.82) is 0 Å². The van der Waals surface area contributed by atoms with Crippen LogP contribution in [0.1, 0.15) is 46.5 Å². The smallest absolute Gasteiger partial charge is 0.309 e. The van der Waals surface area contributed by atoms with E-state index in [2.05, 4.69) is 6.92 Å². The Kier molecular flexibility index (Phi) is 6.82.